The van der Waals surface area contributed by atoms with Crippen LogP contribution in [0, 0.1) is 6.92 Å². The smallest absolute Gasteiger partial charge is 0.319 e. The Hall–Kier alpha value is -1.26. The first-order chi connectivity index (χ1) is 8.16. The summed E-state index contributed by atoms with van der Waals surface area (Å²) in [4.78, 5) is 11.7. The zero-order valence-electron chi connectivity index (χ0n) is 9.63. The van der Waals surface area contributed by atoms with Crippen LogP contribution in [-0.2, 0) is 4.74 Å². The molecule has 4 nitrogen and oxygen atoms in total. The van der Waals surface area contributed by atoms with Crippen molar-refractivity contribution < 1.29 is 9.53 Å². The molecule has 1 aliphatic heterocycles. The number of amides is 2. The normalized spacial score (nSPS) is 19.1. The van der Waals surface area contributed by atoms with Crippen molar-refractivity contribution >= 4 is 23.3 Å². The van der Waals surface area contributed by atoms with Crippen LogP contribution in [0.5, 0.6) is 0 Å². The van der Waals surface area contributed by atoms with E-state index >= 15 is 0 Å². The molecule has 0 aromatic heterocycles. The number of anilines is 1. The zero-order chi connectivity index (χ0) is 12.3. The maximum Gasteiger partial charge on any atom is 0.319 e. The quantitative estimate of drug-likeness (QED) is 0.852. The van der Waals surface area contributed by atoms with Gasteiger partial charge in [0, 0.05) is 6.61 Å². The van der Waals surface area contributed by atoms with E-state index in [0.29, 0.717) is 23.9 Å². The molecule has 0 aliphatic carbocycles. The third-order valence-corrected chi connectivity index (χ3v) is 3.04. The molecule has 1 aromatic rings. The minimum atomic E-state index is -0.239. The molecule has 2 N–H and O–H groups in total. The average molecular weight is 255 g/mol. The van der Waals surface area contributed by atoms with E-state index in [9.17, 15) is 4.79 Å². The van der Waals surface area contributed by atoms with Crippen molar-refractivity contribution in [3.05, 3.63) is 28.8 Å². The number of halogens is 1. The van der Waals surface area contributed by atoms with Gasteiger partial charge < -0.3 is 15.4 Å². The van der Waals surface area contributed by atoms with Gasteiger partial charge in [0.1, 0.15) is 0 Å². The fraction of sp³-hybridized carbons (Fsp3) is 0.417. The molecular formula is C12H15ClN2O2. The largest absolute Gasteiger partial charge is 0.379 e. The predicted molar refractivity (Wildman–Crippen MR) is 67.6 cm³/mol. The predicted octanol–water partition coefficient (Wildman–Crippen LogP) is 2.56. The third kappa shape index (κ3) is 3.11. The maximum atomic E-state index is 11.7. The van der Waals surface area contributed by atoms with Crippen LogP contribution in [0.4, 0.5) is 10.5 Å². The van der Waals surface area contributed by atoms with Gasteiger partial charge in [-0.15, -0.1) is 0 Å². The molecule has 0 spiro atoms. The summed E-state index contributed by atoms with van der Waals surface area (Å²) in [7, 11) is 0. The lowest BCUT2D eigenvalue weighted by Gasteiger charge is -2.14. The van der Waals surface area contributed by atoms with Crippen molar-refractivity contribution in [2.75, 3.05) is 18.5 Å². The van der Waals surface area contributed by atoms with Crippen LogP contribution in [-0.4, -0.2) is 25.3 Å². The maximum absolute atomic E-state index is 11.7. The second-order valence-electron chi connectivity index (χ2n) is 4.09. The molecule has 0 radical (unpaired) electrons. The van der Waals surface area contributed by atoms with Gasteiger partial charge in [-0.3, -0.25) is 0 Å². The summed E-state index contributed by atoms with van der Waals surface area (Å²) in [6, 6.07) is 5.36. The van der Waals surface area contributed by atoms with E-state index in [1.54, 1.807) is 6.07 Å². The Morgan fingerprint density at radius 3 is 3.00 bits per heavy atom. The molecule has 1 atom stereocenters. The molecule has 0 saturated carbocycles. The lowest BCUT2D eigenvalue weighted by atomic mass is 10.2. The molecule has 1 aliphatic rings. The summed E-state index contributed by atoms with van der Waals surface area (Å²) in [5, 5.41) is 6.16. The number of benzene rings is 1. The van der Waals surface area contributed by atoms with Gasteiger partial charge in [-0.1, -0.05) is 23.7 Å². The Morgan fingerprint density at radius 1 is 1.53 bits per heavy atom. The molecule has 1 aromatic carbocycles. The lowest BCUT2D eigenvalue weighted by molar-refractivity contribution is 0.189. The van der Waals surface area contributed by atoms with Crippen molar-refractivity contribution in [3.63, 3.8) is 0 Å². The van der Waals surface area contributed by atoms with Crippen LogP contribution < -0.4 is 10.6 Å². The third-order valence-electron chi connectivity index (χ3n) is 2.73. The molecule has 2 rings (SSSR count). The first-order valence-electron chi connectivity index (χ1n) is 5.57. The zero-order valence-corrected chi connectivity index (χ0v) is 10.4. The first kappa shape index (κ1) is 12.2. The Morgan fingerprint density at radius 2 is 2.35 bits per heavy atom. The Labute approximate surface area is 105 Å². The van der Waals surface area contributed by atoms with Gasteiger partial charge >= 0.3 is 6.03 Å². The molecular weight excluding hydrogens is 240 g/mol. The van der Waals surface area contributed by atoms with E-state index in [0.717, 1.165) is 12.0 Å². The van der Waals surface area contributed by atoms with Crippen LogP contribution in [0.1, 0.15) is 12.0 Å². The van der Waals surface area contributed by atoms with Crippen molar-refractivity contribution in [1.29, 1.82) is 0 Å². The summed E-state index contributed by atoms with van der Waals surface area (Å²) in [5.74, 6) is 0. The number of carbonyl (C=O) groups excluding carboxylic acids is 1. The molecule has 1 fully saturated rings. The van der Waals surface area contributed by atoms with Gasteiger partial charge in [0.05, 0.1) is 23.4 Å². The number of rotatable bonds is 2. The van der Waals surface area contributed by atoms with E-state index in [1.807, 2.05) is 19.1 Å². The second-order valence-corrected chi connectivity index (χ2v) is 4.50. The molecule has 2 amide bonds. The topological polar surface area (TPSA) is 50.4 Å². The van der Waals surface area contributed by atoms with Crippen molar-refractivity contribution in [3.8, 4) is 0 Å². The van der Waals surface area contributed by atoms with Gasteiger partial charge in [-0.2, -0.15) is 0 Å². The monoisotopic (exact) mass is 254 g/mol. The summed E-state index contributed by atoms with van der Waals surface area (Å²) in [6.45, 7) is 3.19. The number of ether oxygens (including phenoxy) is 1. The highest BCUT2D eigenvalue weighted by molar-refractivity contribution is 6.33. The van der Waals surface area contributed by atoms with Gasteiger partial charge in [-0.05, 0) is 25.0 Å². The second kappa shape index (κ2) is 5.38. The van der Waals surface area contributed by atoms with Crippen LogP contribution in [0.3, 0.4) is 0 Å². The average Bonchev–Trinajstić information content (AvgIpc) is 2.76. The first-order valence-corrected chi connectivity index (χ1v) is 5.95. The van der Waals surface area contributed by atoms with Crippen LogP contribution in [0.15, 0.2) is 18.2 Å². The fourth-order valence-electron chi connectivity index (χ4n) is 1.77. The number of urea groups is 1. The summed E-state index contributed by atoms with van der Waals surface area (Å²) < 4.78 is 5.19. The Kier molecular flexibility index (Phi) is 3.86. The molecule has 17 heavy (non-hydrogen) atoms. The van der Waals surface area contributed by atoms with E-state index < -0.39 is 0 Å². The standard InChI is InChI=1S/C12H15ClN2O2/c1-8-3-2-4-10(13)11(8)15-12(16)14-9-5-6-17-7-9/h2-4,9H,5-7H2,1H3,(H2,14,15,16). The summed E-state index contributed by atoms with van der Waals surface area (Å²) in [6.07, 6.45) is 0.856. The van der Waals surface area contributed by atoms with Crippen LogP contribution in [0.2, 0.25) is 5.02 Å². The lowest BCUT2D eigenvalue weighted by Crippen LogP contribution is -2.38. The van der Waals surface area contributed by atoms with Gasteiger partial charge in [0.15, 0.2) is 0 Å². The molecule has 1 heterocycles. The molecule has 0 bridgehead atoms. The number of carbonyl (C=O) groups is 1. The van der Waals surface area contributed by atoms with Gasteiger partial charge in [0.25, 0.3) is 0 Å². The molecule has 92 valence electrons. The number of hydrogen-bond donors (Lipinski definition) is 2. The van der Waals surface area contributed by atoms with Crippen LogP contribution >= 0.6 is 11.6 Å². The highest BCUT2D eigenvalue weighted by Crippen LogP contribution is 2.25. The SMILES string of the molecule is Cc1cccc(Cl)c1NC(=O)NC1CCOC1. The van der Waals surface area contributed by atoms with E-state index in [1.165, 1.54) is 0 Å². The summed E-state index contributed by atoms with van der Waals surface area (Å²) >= 11 is 6.02. The van der Waals surface area contributed by atoms with E-state index in [-0.39, 0.29) is 12.1 Å². The van der Waals surface area contributed by atoms with Gasteiger partial charge in [-0.25, -0.2) is 4.79 Å². The Bertz CT molecular complexity index is 397. The molecule has 1 saturated heterocycles. The molecule has 5 heteroatoms. The fourth-order valence-corrected chi connectivity index (χ4v) is 2.04. The number of aryl methyl sites for hydroxylation is 1. The Balaban J connectivity index is 1.97. The summed E-state index contributed by atoms with van der Waals surface area (Å²) in [5.41, 5.74) is 1.60. The number of para-hydroxylation sites is 1. The highest BCUT2D eigenvalue weighted by Gasteiger charge is 2.18. The molecule has 1 unspecified atom stereocenters. The minimum Gasteiger partial charge on any atom is -0.379 e. The van der Waals surface area contributed by atoms with Crippen molar-refractivity contribution in [2.45, 2.75) is 19.4 Å². The van der Waals surface area contributed by atoms with Crippen molar-refractivity contribution in [2.24, 2.45) is 0 Å². The van der Waals surface area contributed by atoms with E-state index in [2.05, 4.69) is 10.6 Å². The van der Waals surface area contributed by atoms with Crippen molar-refractivity contribution in [1.82, 2.24) is 5.32 Å². The number of hydrogen-bond acceptors (Lipinski definition) is 2. The van der Waals surface area contributed by atoms with Gasteiger partial charge in [0.2, 0.25) is 0 Å². The minimum absolute atomic E-state index is 0.0952. The highest BCUT2D eigenvalue weighted by atomic mass is 35.5. The number of nitrogens with one attached hydrogen (secondary N) is 2. The van der Waals surface area contributed by atoms with Crippen LogP contribution in [0.25, 0.3) is 0 Å². The van der Waals surface area contributed by atoms with E-state index in [4.69, 9.17) is 16.3 Å².